The number of quaternary nitrogens is 1. The standard InChI is InChI=1S/C18H25N3O3/c1-13-5-4-8-16(21(23)24)18(13)19-17(22)12-20-10-9-14-6-2-3-7-15(14)11-20/h4-5,8,14-15H,2-3,6-7,9-12H2,1H3,(H,19,22)/p+1/t14-,15-/m1/s1. The molecule has 2 N–H and O–H groups in total. The Morgan fingerprint density at radius 2 is 2.04 bits per heavy atom. The smallest absolute Gasteiger partial charge is 0.293 e. The molecule has 3 rings (SSSR count). The molecule has 1 amide bonds. The van der Waals surface area contributed by atoms with Crippen LogP contribution in [0.2, 0.25) is 0 Å². The number of anilines is 1. The van der Waals surface area contributed by atoms with Crippen molar-refractivity contribution in [1.29, 1.82) is 0 Å². The number of amides is 1. The summed E-state index contributed by atoms with van der Waals surface area (Å²) in [5.41, 5.74) is 1.02. The maximum Gasteiger partial charge on any atom is 0.293 e. The Kier molecular flexibility index (Phi) is 5.14. The number of hydrogen-bond donors (Lipinski definition) is 2. The van der Waals surface area contributed by atoms with Crippen LogP contribution in [0, 0.1) is 28.9 Å². The molecule has 3 atom stereocenters. The number of fused-ring (bicyclic) bond motifs is 1. The van der Waals surface area contributed by atoms with Gasteiger partial charge in [-0.1, -0.05) is 25.0 Å². The summed E-state index contributed by atoms with van der Waals surface area (Å²) in [5, 5.41) is 13.9. The molecule has 1 saturated heterocycles. The number of carbonyl (C=O) groups is 1. The molecule has 0 spiro atoms. The van der Waals surface area contributed by atoms with Gasteiger partial charge in [-0.3, -0.25) is 14.9 Å². The van der Waals surface area contributed by atoms with Crippen LogP contribution in [-0.4, -0.2) is 30.5 Å². The molecule has 1 unspecified atom stereocenters. The highest BCUT2D eigenvalue weighted by atomic mass is 16.6. The largest absolute Gasteiger partial charge is 0.327 e. The van der Waals surface area contributed by atoms with Gasteiger partial charge in [0.1, 0.15) is 5.69 Å². The first kappa shape index (κ1) is 16.9. The van der Waals surface area contributed by atoms with Crippen molar-refractivity contribution >= 4 is 17.3 Å². The zero-order valence-corrected chi connectivity index (χ0v) is 14.2. The van der Waals surface area contributed by atoms with Crippen LogP contribution < -0.4 is 10.2 Å². The third kappa shape index (κ3) is 3.75. The van der Waals surface area contributed by atoms with Gasteiger partial charge in [-0.15, -0.1) is 0 Å². The number of aryl methyl sites for hydroxylation is 1. The fraction of sp³-hybridized carbons (Fsp3) is 0.611. The summed E-state index contributed by atoms with van der Waals surface area (Å²) >= 11 is 0. The van der Waals surface area contributed by atoms with Gasteiger partial charge in [-0.05, 0) is 37.7 Å². The summed E-state index contributed by atoms with van der Waals surface area (Å²) in [7, 11) is 0. The van der Waals surface area contributed by atoms with Crippen LogP contribution in [-0.2, 0) is 4.79 Å². The van der Waals surface area contributed by atoms with E-state index in [0.29, 0.717) is 12.2 Å². The highest BCUT2D eigenvalue weighted by Gasteiger charge is 2.34. The molecule has 1 saturated carbocycles. The highest BCUT2D eigenvalue weighted by molar-refractivity contribution is 5.94. The van der Waals surface area contributed by atoms with Crippen molar-refractivity contribution in [1.82, 2.24) is 0 Å². The van der Waals surface area contributed by atoms with Crippen molar-refractivity contribution < 1.29 is 14.6 Å². The zero-order chi connectivity index (χ0) is 17.1. The van der Waals surface area contributed by atoms with Crippen LogP contribution in [0.1, 0.15) is 37.7 Å². The van der Waals surface area contributed by atoms with Gasteiger partial charge in [0.15, 0.2) is 6.54 Å². The number of hydrogen-bond acceptors (Lipinski definition) is 3. The lowest BCUT2D eigenvalue weighted by atomic mass is 9.75. The molecule has 6 nitrogen and oxygen atoms in total. The first-order chi connectivity index (χ1) is 11.5. The van der Waals surface area contributed by atoms with Gasteiger partial charge < -0.3 is 10.2 Å². The third-order valence-corrected chi connectivity index (χ3v) is 5.61. The second-order valence-corrected chi connectivity index (χ2v) is 7.25. The van der Waals surface area contributed by atoms with Gasteiger partial charge in [0.2, 0.25) is 0 Å². The monoisotopic (exact) mass is 332 g/mol. The number of nitrogens with zero attached hydrogens (tertiary/aromatic N) is 1. The normalized spacial score (nSPS) is 26.5. The van der Waals surface area contributed by atoms with E-state index in [1.807, 2.05) is 0 Å². The molecule has 0 radical (unpaired) electrons. The first-order valence-corrected chi connectivity index (χ1v) is 8.92. The number of nitro benzene ring substituents is 1. The maximum absolute atomic E-state index is 12.4. The molecule has 1 heterocycles. The molecule has 0 bridgehead atoms. The van der Waals surface area contributed by atoms with Crippen molar-refractivity contribution in [2.24, 2.45) is 11.8 Å². The predicted octanol–water partition coefficient (Wildman–Crippen LogP) is 1.94. The lowest BCUT2D eigenvalue weighted by Crippen LogP contribution is -3.15. The molecular weight excluding hydrogens is 306 g/mol. The number of piperidine rings is 1. The lowest BCUT2D eigenvalue weighted by Gasteiger charge is -2.38. The second kappa shape index (κ2) is 7.30. The van der Waals surface area contributed by atoms with Crippen LogP contribution >= 0.6 is 0 Å². The van der Waals surface area contributed by atoms with E-state index in [1.165, 1.54) is 43.1 Å². The molecule has 130 valence electrons. The van der Waals surface area contributed by atoms with Crippen molar-refractivity contribution in [2.45, 2.75) is 39.0 Å². The van der Waals surface area contributed by atoms with Crippen molar-refractivity contribution in [2.75, 3.05) is 25.0 Å². The van der Waals surface area contributed by atoms with E-state index >= 15 is 0 Å². The lowest BCUT2D eigenvalue weighted by molar-refractivity contribution is -0.902. The fourth-order valence-electron chi connectivity index (χ4n) is 4.33. The van der Waals surface area contributed by atoms with Gasteiger partial charge in [0.25, 0.3) is 11.6 Å². The Bertz CT molecular complexity index is 632. The Morgan fingerprint density at radius 1 is 1.29 bits per heavy atom. The van der Waals surface area contributed by atoms with Gasteiger partial charge in [-0.2, -0.15) is 0 Å². The number of benzene rings is 1. The number of rotatable bonds is 4. The summed E-state index contributed by atoms with van der Waals surface area (Å²) in [5.74, 6) is 1.47. The van der Waals surface area contributed by atoms with Gasteiger partial charge in [0, 0.05) is 12.0 Å². The maximum atomic E-state index is 12.4. The molecular formula is C18H26N3O3+. The Balaban J connectivity index is 1.61. The topological polar surface area (TPSA) is 76.7 Å². The Morgan fingerprint density at radius 3 is 2.79 bits per heavy atom. The molecule has 1 aromatic rings. The first-order valence-electron chi connectivity index (χ1n) is 8.92. The van der Waals surface area contributed by atoms with Gasteiger partial charge >= 0.3 is 0 Å². The summed E-state index contributed by atoms with van der Waals surface area (Å²) in [6.07, 6.45) is 6.51. The predicted molar refractivity (Wildman–Crippen MR) is 92.1 cm³/mol. The number of nitrogens with one attached hydrogen (secondary N) is 2. The minimum absolute atomic E-state index is 0.0376. The van der Waals surface area contributed by atoms with Crippen LogP contribution in [0.5, 0.6) is 0 Å². The van der Waals surface area contributed by atoms with Crippen molar-refractivity contribution in [3.8, 4) is 0 Å². The zero-order valence-electron chi connectivity index (χ0n) is 14.2. The molecule has 1 aromatic carbocycles. The van der Waals surface area contributed by atoms with E-state index in [0.717, 1.165) is 30.5 Å². The average molecular weight is 332 g/mol. The van der Waals surface area contributed by atoms with E-state index in [-0.39, 0.29) is 11.6 Å². The summed E-state index contributed by atoms with van der Waals surface area (Å²) < 4.78 is 0. The SMILES string of the molecule is Cc1cccc([N+](=O)[O-])c1NC(=O)C[NH+]1CC[C@H]2CCCC[C@@H]2C1. The molecule has 2 aliphatic rings. The minimum atomic E-state index is -0.441. The number of para-hydroxylation sites is 1. The molecule has 1 aliphatic heterocycles. The van der Waals surface area contributed by atoms with Gasteiger partial charge in [0.05, 0.1) is 18.0 Å². The molecule has 24 heavy (non-hydrogen) atoms. The van der Waals surface area contributed by atoms with E-state index in [1.54, 1.807) is 19.1 Å². The number of carbonyl (C=O) groups excluding carboxylic acids is 1. The van der Waals surface area contributed by atoms with E-state index in [9.17, 15) is 14.9 Å². The van der Waals surface area contributed by atoms with Crippen molar-refractivity contribution in [3.05, 3.63) is 33.9 Å². The quantitative estimate of drug-likeness (QED) is 0.653. The van der Waals surface area contributed by atoms with Crippen molar-refractivity contribution in [3.63, 3.8) is 0 Å². The molecule has 2 fully saturated rings. The van der Waals surface area contributed by atoms with Gasteiger partial charge in [-0.25, -0.2) is 0 Å². The molecule has 1 aliphatic carbocycles. The number of nitro groups is 1. The van der Waals surface area contributed by atoms with E-state index < -0.39 is 4.92 Å². The average Bonchev–Trinajstić information content (AvgIpc) is 2.56. The summed E-state index contributed by atoms with van der Waals surface area (Å²) in [6, 6.07) is 4.86. The van der Waals surface area contributed by atoms with Crippen LogP contribution in [0.3, 0.4) is 0 Å². The van der Waals surface area contributed by atoms with Crippen LogP contribution in [0.15, 0.2) is 18.2 Å². The number of likely N-dealkylation sites (tertiary alicyclic amines) is 1. The van der Waals surface area contributed by atoms with Crippen LogP contribution in [0.4, 0.5) is 11.4 Å². The summed E-state index contributed by atoms with van der Waals surface area (Å²) in [6.45, 7) is 4.27. The molecule has 0 aromatic heterocycles. The summed E-state index contributed by atoms with van der Waals surface area (Å²) in [4.78, 5) is 24.4. The Labute approximate surface area is 142 Å². The van der Waals surface area contributed by atoms with E-state index in [4.69, 9.17) is 0 Å². The third-order valence-electron chi connectivity index (χ3n) is 5.61. The molecule has 6 heteroatoms. The Hall–Kier alpha value is -1.95. The highest BCUT2D eigenvalue weighted by Crippen LogP contribution is 2.32. The fourth-order valence-corrected chi connectivity index (χ4v) is 4.33. The second-order valence-electron chi connectivity index (χ2n) is 7.25. The van der Waals surface area contributed by atoms with E-state index in [2.05, 4.69) is 5.32 Å². The minimum Gasteiger partial charge on any atom is -0.327 e. The van der Waals surface area contributed by atoms with Crippen LogP contribution in [0.25, 0.3) is 0 Å².